The number of thioether (sulfide) groups is 1. The number of aliphatic imine (C=N–C) groups is 1. The van der Waals surface area contributed by atoms with Gasteiger partial charge in [0.2, 0.25) is 0 Å². The fraction of sp³-hybridized carbons (Fsp3) is 0.588. The number of nitrogens with zero attached hydrogens (tertiary/aromatic N) is 2. The molecule has 0 unspecified atom stereocenters. The average Bonchev–Trinajstić information content (AvgIpc) is 3.08. The highest BCUT2D eigenvalue weighted by Crippen LogP contribution is 2.31. The molecule has 0 amide bonds. The van der Waals surface area contributed by atoms with Crippen LogP contribution < -0.4 is 4.74 Å². The molecule has 1 heterocycles. The third-order valence-electron chi connectivity index (χ3n) is 4.33. The van der Waals surface area contributed by atoms with Gasteiger partial charge in [-0.25, -0.2) is 0 Å². The van der Waals surface area contributed by atoms with Gasteiger partial charge in [0, 0.05) is 30.4 Å². The summed E-state index contributed by atoms with van der Waals surface area (Å²) in [6, 6.07) is 9.02. The Kier molecular flexibility index (Phi) is 5.07. The van der Waals surface area contributed by atoms with Gasteiger partial charge in [0.05, 0.1) is 7.11 Å². The van der Waals surface area contributed by atoms with Crippen molar-refractivity contribution in [2.45, 2.75) is 44.7 Å². The van der Waals surface area contributed by atoms with Gasteiger partial charge in [-0.1, -0.05) is 42.8 Å². The van der Waals surface area contributed by atoms with E-state index in [1.807, 2.05) is 17.8 Å². The van der Waals surface area contributed by atoms with Gasteiger partial charge >= 0.3 is 0 Å². The molecular weight excluding hydrogens is 280 g/mol. The van der Waals surface area contributed by atoms with E-state index < -0.39 is 0 Å². The van der Waals surface area contributed by atoms with Crippen molar-refractivity contribution in [3.8, 4) is 5.75 Å². The third kappa shape index (κ3) is 3.54. The summed E-state index contributed by atoms with van der Waals surface area (Å²) in [4.78, 5) is 7.33. The van der Waals surface area contributed by atoms with Crippen molar-refractivity contribution in [2.75, 3.05) is 19.4 Å². The van der Waals surface area contributed by atoms with E-state index in [2.05, 4.69) is 23.1 Å². The lowest BCUT2D eigenvalue weighted by atomic mass is 10.1. The Morgan fingerprint density at radius 3 is 2.76 bits per heavy atom. The summed E-state index contributed by atoms with van der Waals surface area (Å²) in [5.74, 6) is 2.19. The zero-order chi connectivity index (χ0) is 14.5. The van der Waals surface area contributed by atoms with Gasteiger partial charge in [-0.05, 0) is 25.3 Å². The molecule has 0 bridgehead atoms. The highest BCUT2D eigenvalue weighted by Gasteiger charge is 2.27. The maximum absolute atomic E-state index is 5.52. The van der Waals surface area contributed by atoms with Crippen LogP contribution in [0, 0.1) is 0 Å². The Labute approximate surface area is 131 Å². The number of methoxy groups -OCH3 is 1. The summed E-state index contributed by atoms with van der Waals surface area (Å²) in [7, 11) is 1.76. The molecule has 1 aliphatic carbocycles. The van der Waals surface area contributed by atoms with Crippen LogP contribution >= 0.6 is 11.8 Å². The van der Waals surface area contributed by atoms with E-state index in [9.17, 15) is 0 Å². The molecule has 1 fully saturated rings. The van der Waals surface area contributed by atoms with E-state index >= 15 is 0 Å². The molecule has 1 saturated carbocycles. The first-order valence-corrected chi connectivity index (χ1v) is 8.93. The minimum Gasteiger partial charge on any atom is -0.496 e. The first-order valence-electron chi connectivity index (χ1n) is 7.94. The molecule has 4 heteroatoms. The lowest BCUT2D eigenvalue weighted by Crippen LogP contribution is -2.38. The van der Waals surface area contributed by atoms with Crippen LogP contribution in [0.3, 0.4) is 0 Å². The van der Waals surface area contributed by atoms with Crippen molar-refractivity contribution in [3.05, 3.63) is 29.8 Å². The lowest BCUT2D eigenvalue weighted by Gasteiger charge is -2.33. The molecule has 21 heavy (non-hydrogen) atoms. The van der Waals surface area contributed by atoms with Crippen LogP contribution in [0.15, 0.2) is 29.3 Å². The minimum absolute atomic E-state index is 0.652. The Morgan fingerprint density at radius 2 is 2.05 bits per heavy atom. The predicted octanol–water partition coefficient (Wildman–Crippen LogP) is 3.93. The number of rotatable bonds is 4. The fourth-order valence-corrected chi connectivity index (χ4v) is 4.23. The van der Waals surface area contributed by atoms with Crippen LogP contribution in [0.2, 0.25) is 0 Å². The molecule has 0 radical (unpaired) electrons. The fourth-order valence-electron chi connectivity index (χ4n) is 3.21. The maximum atomic E-state index is 5.52. The molecule has 3 rings (SSSR count). The normalized spacial score (nSPS) is 19.4. The van der Waals surface area contributed by atoms with Crippen molar-refractivity contribution >= 4 is 16.9 Å². The number of ether oxygens (including phenoxy) is 1. The van der Waals surface area contributed by atoms with E-state index in [1.54, 1.807) is 7.11 Å². The number of benzene rings is 1. The summed E-state index contributed by atoms with van der Waals surface area (Å²) in [6.07, 6.45) is 6.51. The second-order valence-corrected chi connectivity index (χ2v) is 6.81. The van der Waals surface area contributed by atoms with Crippen LogP contribution in [-0.4, -0.2) is 35.5 Å². The minimum atomic E-state index is 0.652. The van der Waals surface area contributed by atoms with Gasteiger partial charge in [-0.15, -0.1) is 0 Å². The SMILES string of the molecule is COc1ccccc1CN(C1=NCCCS1)C1CCCC1. The van der Waals surface area contributed by atoms with Gasteiger partial charge in [-0.2, -0.15) is 0 Å². The Balaban J connectivity index is 1.82. The van der Waals surface area contributed by atoms with E-state index in [0.717, 1.165) is 18.8 Å². The Bertz CT molecular complexity index is 497. The zero-order valence-electron chi connectivity index (χ0n) is 12.8. The monoisotopic (exact) mass is 304 g/mol. The van der Waals surface area contributed by atoms with E-state index in [0.29, 0.717) is 6.04 Å². The number of hydrogen-bond donors (Lipinski definition) is 0. The first kappa shape index (κ1) is 14.8. The van der Waals surface area contributed by atoms with Gasteiger partial charge in [-0.3, -0.25) is 4.99 Å². The van der Waals surface area contributed by atoms with Gasteiger partial charge < -0.3 is 9.64 Å². The molecule has 2 aliphatic rings. The van der Waals surface area contributed by atoms with Crippen molar-refractivity contribution in [1.29, 1.82) is 0 Å². The van der Waals surface area contributed by atoms with Crippen molar-refractivity contribution in [2.24, 2.45) is 4.99 Å². The molecule has 0 N–H and O–H groups in total. The smallest absolute Gasteiger partial charge is 0.159 e. The zero-order valence-corrected chi connectivity index (χ0v) is 13.6. The van der Waals surface area contributed by atoms with Crippen LogP contribution in [0.25, 0.3) is 0 Å². The van der Waals surface area contributed by atoms with Crippen molar-refractivity contribution in [1.82, 2.24) is 4.90 Å². The van der Waals surface area contributed by atoms with E-state index in [1.165, 1.54) is 48.6 Å². The lowest BCUT2D eigenvalue weighted by molar-refractivity contribution is 0.305. The number of para-hydroxylation sites is 1. The van der Waals surface area contributed by atoms with Crippen LogP contribution in [0.1, 0.15) is 37.7 Å². The first-order chi connectivity index (χ1) is 10.4. The number of hydrogen-bond acceptors (Lipinski definition) is 4. The van der Waals surface area contributed by atoms with Crippen LogP contribution in [0.5, 0.6) is 5.75 Å². The highest BCUT2D eigenvalue weighted by molar-refractivity contribution is 8.13. The topological polar surface area (TPSA) is 24.8 Å². The predicted molar refractivity (Wildman–Crippen MR) is 90.2 cm³/mol. The van der Waals surface area contributed by atoms with Crippen molar-refractivity contribution in [3.63, 3.8) is 0 Å². The van der Waals surface area contributed by atoms with Crippen LogP contribution in [-0.2, 0) is 6.54 Å². The van der Waals surface area contributed by atoms with Crippen molar-refractivity contribution < 1.29 is 4.74 Å². The molecule has 3 nitrogen and oxygen atoms in total. The summed E-state index contributed by atoms with van der Waals surface area (Å²) in [5.41, 5.74) is 1.26. The third-order valence-corrected chi connectivity index (χ3v) is 5.44. The van der Waals surface area contributed by atoms with Crippen LogP contribution in [0.4, 0.5) is 0 Å². The molecule has 1 aromatic rings. The summed E-state index contributed by atoms with van der Waals surface area (Å²) >= 11 is 1.93. The molecule has 0 spiro atoms. The Hall–Kier alpha value is -1.16. The average molecular weight is 304 g/mol. The summed E-state index contributed by atoms with van der Waals surface area (Å²) in [6.45, 7) is 1.90. The highest BCUT2D eigenvalue weighted by atomic mass is 32.2. The van der Waals surface area contributed by atoms with Gasteiger partial charge in [0.25, 0.3) is 0 Å². The molecule has 1 aromatic carbocycles. The number of amidine groups is 1. The largest absolute Gasteiger partial charge is 0.496 e. The van der Waals surface area contributed by atoms with E-state index in [-0.39, 0.29) is 0 Å². The molecule has 114 valence electrons. The standard InChI is InChI=1S/C17H24N2OS/c1-20-16-10-5-2-7-14(16)13-19(15-8-3-4-9-15)17-18-11-6-12-21-17/h2,5,7,10,15H,3-4,6,8-9,11-13H2,1H3. The maximum Gasteiger partial charge on any atom is 0.159 e. The quantitative estimate of drug-likeness (QED) is 0.842. The molecule has 0 aromatic heterocycles. The second kappa shape index (κ2) is 7.21. The van der Waals surface area contributed by atoms with Gasteiger partial charge in [0.1, 0.15) is 5.75 Å². The summed E-state index contributed by atoms with van der Waals surface area (Å²) in [5, 5.41) is 1.25. The Morgan fingerprint density at radius 1 is 1.24 bits per heavy atom. The molecule has 0 atom stereocenters. The molecule has 1 aliphatic heterocycles. The molecular formula is C17H24N2OS. The summed E-state index contributed by atoms with van der Waals surface area (Å²) < 4.78 is 5.52. The second-order valence-electron chi connectivity index (χ2n) is 5.74. The van der Waals surface area contributed by atoms with E-state index in [4.69, 9.17) is 9.73 Å². The van der Waals surface area contributed by atoms with Gasteiger partial charge in [0.15, 0.2) is 5.17 Å². The molecule has 0 saturated heterocycles.